The molecule has 17 heavy (non-hydrogen) atoms. The van der Waals surface area contributed by atoms with Crippen LogP contribution in [0.5, 0.6) is 0 Å². The summed E-state index contributed by atoms with van der Waals surface area (Å²) in [4.78, 5) is 2.18. The van der Waals surface area contributed by atoms with E-state index in [4.69, 9.17) is 5.26 Å². The van der Waals surface area contributed by atoms with Gasteiger partial charge < -0.3 is 10.2 Å². The van der Waals surface area contributed by atoms with Crippen molar-refractivity contribution in [1.29, 1.82) is 5.26 Å². The SMILES string of the molecule is Cc1cc(C#N)ccc1NC(C)CCN(C)C. The Morgan fingerprint density at radius 3 is 2.65 bits per heavy atom. The summed E-state index contributed by atoms with van der Waals surface area (Å²) in [7, 11) is 4.17. The number of benzene rings is 1. The number of hydrogen-bond donors (Lipinski definition) is 1. The molecular formula is C14H21N3. The molecule has 1 unspecified atom stereocenters. The van der Waals surface area contributed by atoms with Crippen molar-refractivity contribution < 1.29 is 0 Å². The van der Waals surface area contributed by atoms with Crippen LogP contribution in [0.4, 0.5) is 5.69 Å². The summed E-state index contributed by atoms with van der Waals surface area (Å²) in [5.74, 6) is 0. The number of hydrogen-bond acceptors (Lipinski definition) is 3. The van der Waals surface area contributed by atoms with E-state index >= 15 is 0 Å². The summed E-state index contributed by atoms with van der Waals surface area (Å²) in [6.07, 6.45) is 1.10. The molecule has 0 fully saturated rings. The molecule has 0 amide bonds. The largest absolute Gasteiger partial charge is 0.382 e. The minimum absolute atomic E-state index is 0.434. The molecule has 92 valence electrons. The molecule has 0 aliphatic heterocycles. The van der Waals surface area contributed by atoms with E-state index < -0.39 is 0 Å². The fourth-order valence-electron chi connectivity index (χ4n) is 1.68. The van der Waals surface area contributed by atoms with Gasteiger partial charge in [-0.05, 0) is 64.7 Å². The average molecular weight is 231 g/mol. The first kappa shape index (κ1) is 13.5. The lowest BCUT2D eigenvalue weighted by atomic mass is 10.1. The van der Waals surface area contributed by atoms with E-state index in [-0.39, 0.29) is 0 Å². The van der Waals surface area contributed by atoms with Gasteiger partial charge in [-0.2, -0.15) is 5.26 Å². The quantitative estimate of drug-likeness (QED) is 0.846. The van der Waals surface area contributed by atoms with Crippen LogP contribution in [0.15, 0.2) is 18.2 Å². The summed E-state index contributed by atoms with van der Waals surface area (Å²) in [6.45, 7) is 5.28. The van der Waals surface area contributed by atoms with Gasteiger partial charge in [0.25, 0.3) is 0 Å². The van der Waals surface area contributed by atoms with Gasteiger partial charge in [0.1, 0.15) is 0 Å². The molecule has 0 saturated carbocycles. The van der Waals surface area contributed by atoms with E-state index in [1.54, 1.807) is 0 Å². The third-order valence-electron chi connectivity index (χ3n) is 2.77. The van der Waals surface area contributed by atoms with Crippen molar-refractivity contribution in [2.75, 3.05) is 26.0 Å². The Balaban J connectivity index is 2.60. The Morgan fingerprint density at radius 1 is 1.41 bits per heavy atom. The van der Waals surface area contributed by atoms with Crippen LogP contribution >= 0.6 is 0 Å². The van der Waals surface area contributed by atoms with Gasteiger partial charge >= 0.3 is 0 Å². The molecule has 1 aromatic rings. The molecule has 0 bridgehead atoms. The normalized spacial score (nSPS) is 12.2. The van der Waals surface area contributed by atoms with Gasteiger partial charge in [0.05, 0.1) is 11.6 Å². The van der Waals surface area contributed by atoms with Crippen molar-refractivity contribution in [1.82, 2.24) is 4.90 Å². The van der Waals surface area contributed by atoms with Crippen molar-refractivity contribution in [2.45, 2.75) is 26.3 Å². The van der Waals surface area contributed by atoms with Gasteiger partial charge in [0, 0.05) is 11.7 Å². The summed E-state index contributed by atoms with van der Waals surface area (Å²) in [5, 5.41) is 12.3. The van der Waals surface area contributed by atoms with Crippen molar-refractivity contribution in [3.05, 3.63) is 29.3 Å². The van der Waals surface area contributed by atoms with Crippen LogP contribution in [0.3, 0.4) is 0 Å². The van der Waals surface area contributed by atoms with Crippen LogP contribution in [0.2, 0.25) is 0 Å². The zero-order valence-corrected chi connectivity index (χ0v) is 11.1. The van der Waals surface area contributed by atoms with Crippen LogP contribution < -0.4 is 5.32 Å². The number of nitrogens with zero attached hydrogens (tertiary/aromatic N) is 2. The van der Waals surface area contributed by atoms with E-state index in [2.05, 4.69) is 37.3 Å². The molecule has 1 atom stereocenters. The molecule has 0 saturated heterocycles. The second kappa shape index (κ2) is 6.27. The van der Waals surface area contributed by atoms with Crippen LogP contribution in [-0.4, -0.2) is 31.6 Å². The third-order valence-corrected chi connectivity index (χ3v) is 2.77. The Kier molecular flexibility index (Phi) is 4.99. The average Bonchev–Trinajstić information content (AvgIpc) is 2.29. The number of nitrogens with one attached hydrogen (secondary N) is 1. The van der Waals surface area contributed by atoms with E-state index in [9.17, 15) is 0 Å². The molecule has 3 nitrogen and oxygen atoms in total. The molecule has 1 aromatic carbocycles. The van der Waals surface area contributed by atoms with Crippen LogP contribution in [0.25, 0.3) is 0 Å². The van der Waals surface area contributed by atoms with Crippen molar-refractivity contribution >= 4 is 5.69 Å². The van der Waals surface area contributed by atoms with Crippen molar-refractivity contribution in [3.8, 4) is 6.07 Å². The van der Waals surface area contributed by atoms with Gasteiger partial charge in [-0.3, -0.25) is 0 Å². The molecule has 0 heterocycles. The van der Waals surface area contributed by atoms with Gasteiger partial charge in [-0.25, -0.2) is 0 Å². The zero-order valence-electron chi connectivity index (χ0n) is 11.1. The maximum atomic E-state index is 8.80. The van der Waals surface area contributed by atoms with E-state index in [0.717, 1.165) is 24.2 Å². The lowest BCUT2D eigenvalue weighted by molar-refractivity contribution is 0.390. The fraction of sp³-hybridized carbons (Fsp3) is 0.500. The second-order valence-electron chi connectivity index (χ2n) is 4.78. The summed E-state index contributed by atoms with van der Waals surface area (Å²) in [5.41, 5.74) is 2.96. The Bertz CT molecular complexity index is 404. The maximum absolute atomic E-state index is 8.80. The number of rotatable bonds is 5. The molecular weight excluding hydrogens is 210 g/mol. The minimum atomic E-state index is 0.434. The summed E-state index contributed by atoms with van der Waals surface area (Å²) in [6, 6.07) is 8.35. The van der Waals surface area contributed by atoms with E-state index in [1.165, 1.54) is 0 Å². The number of anilines is 1. The van der Waals surface area contributed by atoms with Crippen LogP contribution in [-0.2, 0) is 0 Å². The van der Waals surface area contributed by atoms with Crippen molar-refractivity contribution in [3.63, 3.8) is 0 Å². The Morgan fingerprint density at radius 2 is 2.12 bits per heavy atom. The molecule has 0 radical (unpaired) electrons. The van der Waals surface area contributed by atoms with E-state index in [1.807, 2.05) is 25.1 Å². The second-order valence-corrected chi connectivity index (χ2v) is 4.78. The van der Waals surface area contributed by atoms with Gasteiger partial charge in [0.2, 0.25) is 0 Å². The van der Waals surface area contributed by atoms with Crippen molar-refractivity contribution in [2.24, 2.45) is 0 Å². The highest BCUT2D eigenvalue weighted by atomic mass is 15.1. The minimum Gasteiger partial charge on any atom is -0.382 e. The standard InChI is InChI=1S/C14H21N3/c1-11-9-13(10-15)5-6-14(11)16-12(2)7-8-17(3)4/h5-6,9,12,16H,7-8H2,1-4H3. The van der Waals surface area contributed by atoms with Crippen LogP contribution in [0, 0.1) is 18.3 Å². The lowest BCUT2D eigenvalue weighted by Gasteiger charge is -2.19. The molecule has 1 N–H and O–H groups in total. The molecule has 0 aliphatic rings. The smallest absolute Gasteiger partial charge is 0.0991 e. The molecule has 1 rings (SSSR count). The Labute approximate surface area is 104 Å². The highest BCUT2D eigenvalue weighted by Gasteiger charge is 2.05. The van der Waals surface area contributed by atoms with Gasteiger partial charge in [-0.15, -0.1) is 0 Å². The zero-order chi connectivity index (χ0) is 12.8. The fourth-order valence-corrected chi connectivity index (χ4v) is 1.68. The predicted molar refractivity (Wildman–Crippen MR) is 72.1 cm³/mol. The molecule has 0 spiro atoms. The molecule has 0 aliphatic carbocycles. The highest BCUT2D eigenvalue weighted by Crippen LogP contribution is 2.17. The molecule has 0 aromatic heterocycles. The third kappa shape index (κ3) is 4.46. The summed E-state index contributed by atoms with van der Waals surface area (Å²) < 4.78 is 0. The Hall–Kier alpha value is -1.53. The highest BCUT2D eigenvalue weighted by molar-refractivity contribution is 5.54. The molecule has 3 heteroatoms. The van der Waals surface area contributed by atoms with Crippen LogP contribution in [0.1, 0.15) is 24.5 Å². The first-order valence-electron chi connectivity index (χ1n) is 5.95. The topological polar surface area (TPSA) is 39.1 Å². The predicted octanol–water partition coefficient (Wildman–Crippen LogP) is 2.62. The monoisotopic (exact) mass is 231 g/mol. The lowest BCUT2D eigenvalue weighted by Crippen LogP contribution is -2.23. The first-order chi connectivity index (χ1) is 8.02. The number of nitriles is 1. The first-order valence-corrected chi connectivity index (χ1v) is 5.95. The van der Waals surface area contributed by atoms with Gasteiger partial charge in [0.15, 0.2) is 0 Å². The maximum Gasteiger partial charge on any atom is 0.0991 e. The van der Waals surface area contributed by atoms with E-state index in [0.29, 0.717) is 11.6 Å². The van der Waals surface area contributed by atoms with Gasteiger partial charge in [-0.1, -0.05) is 0 Å². The summed E-state index contributed by atoms with van der Waals surface area (Å²) >= 11 is 0. The number of aryl methyl sites for hydroxylation is 1.